The van der Waals surface area contributed by atoms with E-state index in [4.69, 9.17) is 26.8 Å². The SMILES string of the molecule is CCc1cc(NC(CC)c2ccc(OCC3CC3)cc2)nc(Cl)n1.COc1cc(CNCCCNCCCCNCCCN)ccc1O. The number of anilines is 1. The summed E-state index contributed by atoms with van der Waals surface area (Å²) in [5.41, 5.74) is 8.70. The molecule has 0 bridgehead atoms. The van der Waals surface area contributed by atoms with E-state index in [-0.39, 0.29) is 17.1 Å². The first kappa shape index (κ1) is 39.3. The fraction of sp³-hybridized carbons (Fsp3) is 0.568. The van der Waals surface area contributed by atoms with Gasteiger partial charge in [0.15, 0.2) is 11.5 Å². The molecule has 3 aromatic rings. The maximum atomic E-state index is 9.56. The standard InChI is InChI=1S/C19H24ClN3O.C18H34N4O2/c1-3-15-11-18(23-19(20)21-15)22-17(4-2)14-7-9-16(10-8-14)24-12-13-5-6-13;1-24-18-14-16(6-7-17(18)23)15-22-13-5-12-21-10-3-2-9-20-11-4-8-19/h7-11,13,17H,3-6,12H2,1-2H3,(H,21,22,23);6-7,14,20-23H,2-5,8-13,15,19H2,1H3. The molecule has 1 heterocycles. The van der Waals surface area contributed by atoms with Gasteiger partial charge in [0.05, 0.1) is 19.8 Å². The number of nitrogens with one attached hydrogen (secondary N) is 4. The summed E-state index contributed by atoms with van der Waals surface area (Å²) in [7, 11) is 1.56. The number of aryl methyl sites for hydroxylation is 1. The van der Waals surface area contributed by atoms with Gasteiger partial charge in [-0.15, -0.1) is 0 Å². The molecular formula is C37H58ClN7O3. The molecule has 1 aliphatic rings. The Morgan fingerprint density at radius 3 is 2.23 bits per heavy atom. The van der Waals surface area contributed by atoms with Crippen LogP contribution < -0.4 is 36.5 Å². The van der Waals surface area contributed by atoms with E-state index in [0.717, 1.165) is 107 Å². The number of phenolic OH excluding ortho intramolecular Hbond substituents is 1. The molecule has 48 heavy (non-hydrogen) atoms. The molecule has 266 valence electrons. The van der Waals surface area contributed by atoms with Crippen molar-refractivity contribution in [2.75, 3.05) is 58.3 Å². The predicted molar refractivity (Wildman–Crippen MR) is 197 cm³/mol. The van der Waals surface area contributed by atoms with Gasteiger partial charge in [-0.1, -0.05) is 32.0 Å². The minimum atomic E-state index is 0.179. The highest BCUT2D eigenvalue weighted by Crippen LogP contribution is 2.30. The fourth-order valence-corrected chi connectivity index (χ4v) is 5.19. The molecule has 1 aliphatic carbocycles. The van der Waals surface area contributed by atoms with E-state index in [1.54, 1.807) is 13.2 Å². The number of aromatic hydroxyl groups is 1. The molecular weight excluding hydrogens is 626 g/mol. The van der Waals surface area contributed by atoms with E-state index >= 15 is 0 Å². The third-order valence-corrected chi connectivity index (χ3v) is 8.27. The van der Waals surface area contributed by atoms with Crippen LogP contribution in [-0.4, -0.2) is 68.1 Å². The van der Waals surface area contributed by atoms with Crippen LogP contribution in [0.3, 0.4) is 0 Å². The first-order valence-electron chi connectivity index (χ1n) is 17.7. The molecule has 2 aromatic carbocycles. The van der Waals surface area contributed by atoms with Crippen LogP contribution in [0.2, 0.25) is 5.28 Å². The molecule has 0 spiro atoms. The van der Waals surface area contributed by atoms with Crippen molar-refractivity contribution in [1.29, 1.82) is 0 Å². The van der Waals surface area contributed by atoms with Crippen LogP contribution in [0.5, 0.6) is 17.2 Å². The van der Waals surface area contributed by atoms with Gasteiger partial charge >= 0.3 is 0 Å². The second-order valence-electron chi connectivity index (χ2n) is 12.2. The fourth-order valence-electron chi connectivity index (χ4n) is 5.00. The lowest BCUT2D eigenvalue weighted by Crippen LogP contribution is -2.24. The molecule has 1 fully saturated rings. The lowest BCUT2D eigenvalue weighted by Gasteiger charge is -2.19. The first-order chi connectivity index (χ1) is 23.4. The number of hydrogen-bond acceptors (Lipinski definition) is 10. The largest absolute Gasteiger partial charge is 0.504 e. The van der Waals surface area contributed by atoms with Crippen LogP contribution in [0.15, 0.2) is 48.5 Å². The van der Waals surface area contributed by atoms with Gasteiger partial charge in [-0.2, -0.15) is 0 Å². The molecule has 7 N–H and O–H groups in total. The van der Waals surface area contributed by atoms with E-state index in [9.17, 15) is 5.11 Å². The van der Waals surface area contributed by atoms with Crippen molar-refractivity contribution in [3.05, 3.63) is 70.6 Å². The second kappa shape index (κ2) is 23.2. The highest BCUT2D eigenvalue weighted by atomic mass is 35.5. The number of aromatic nitrogens is 2. The van der Waals surface area contributed by atoms with Gasteiger partial charge < -0.3 is 41.6 Å². The van der Waals surface area contributed by atoms with E-state index in [1.807, 2.05) is 30.3 Å². The number of halogens is 1. The Morgan fingerprint density at radius 2 is 1.58 bits per heavy atom. The number of nitrogens with two attached hydrogens (primary N) is 1. The summed E-state index contributed by atoms with van der Waals surface area (Å²) < 4.78 is 10.9. The van der Waals surface area contributed by atoms with Crippen molar-refractivity contribution in [3.8, 4) is 17.2 Å². The molecule has 1 unspecified atom stereocenters. The summed E-state index contributed by atoms with van der Waals surface area (Å²) in [6, 6.07) is 15.9. The van der Waals surface area contributed by atoms with Crippen molar-refractivity contribution in [3.63, 3.8) is 0 Å². The molecule has 1 atom stereocenters. The maximum absolute atomic E-state index is 9.56. The zero-order valence-corrected chi connectivity index (χ0v) is 30.0. The summed E-state index contributed by atoms with van der Waals surface area (Å²) in [6.45, 7) is 11.8. The number of ether oxygens (including phenoxy) is 2. The number of unbranched alkanes of at least 4 members (excludes halogenated alkanes) is 1. The summed E-state index contributed by atoms with van der Waals surface area (Å²) >= 11 is 6.01. The van der Waals surface area contributed by atoms with Crippen LogP contribution in [0, 0.1) is 5.92 Å². The third kappa shape index (κ3) is 15.8. The average Bonchev–Trinajstić information content (AvgIpc) is 3.94. The lowest BCUT2D eigenvalue weighted by molar-refractivity contribution is 0.299. The zero-order chi connectivity index (χ0) is 34.4. The molecule has 1 aromatic heterocycles. The van der Waals surface area contributed by atoms with Crippen LogP contribution in [-0.2, 0) is 13.0 Å². The summed E-state index contributed by atoms with van der Waals surface area (Å²) in [5.74, 6) is 3.19. The van der Waals surface area contributed by atoms with Gasteiger partial charge in [-0.05, 0) is 144 Å². The number of phenols is 1. The van der Waals surface area contributed by atoms with E-state index in [1.165, 1.54) is 31.2 Å². The van der Waals surface area contributed by atoms with E-state index in [0.29, 0.717) is 5.75 Å². The van der Waals surface area contributed by atoms with Gasteiger partial charge in [-0.3, -0.25) is 0 Å². The third-order valence-electron chi connectivity index (χ3n) is 8.10. The van der Waals surface area contributed by atoms with Crippen molar-refractivity contribution in [2.24, 2.45) is 11.7 Å². The van der Waals surface area contributed by atoms with Gasteiger partial charge in [-0.25, -0.2) is 9.97 Å². The summed E-state index contributed by atoms with van der Waals surface area (Å²) in [6.07, 6.45) is 8.97. The molecule has 0 aliphatic heterocycles. The number of rotatable bonds is 23. The Labute approximate surface area is 293 Å². The molecule has 0 radical (unpaired) electrons. The van der Waals surface area contributed by atoms with Crippen LogP contribution in [0.25, 0.3) is 0 Å². The zero-order valence-electron chi connectivity index (χ0n) is 29.2. The summed E-state index contributed by atoms with van der Waals surface area (Å²) in [4.78, 5) is 8.49. The average molecular weight is 684 g/mol. The Morgan fingerprint density at radius 1 is 0.896 bits per heavy atom. The molecule has 10 nitrogen and oxygen atoms in total. The molecule has 11 heteroatoms. The Hall–Kier alpha value is -3.15. The minimum Gasteiger partial charge on any atom is -0.504 e. The van der Waals surface area contributed by atoms with E-state index in [2.05, 4.69) is 57.2 Å². The topological polar surface area (TPSA) is 139 Å². The van der Waals surface area contributed by atoms with E-state index < -0.39 is 0 Å². The normalized spacial score (nSPS) is 13.0. The Bertz CT molecular complexity index is 1290. The second-order valence-corrected chi connectivity index (χ2v) is 12.5. The maximum Gasteiger partial charge on any atom is 0.224 e. The number of nitrogens with zero attached hydrogens (tertiary/aromatic N) is 2. The molecule has 1 saturated carbocycles. The Balaban J connectivity index is 0.000000260. The van der Waals surface area contributed by atoms with Crippen molar-refractivity contribution in [2.45, 2.75) is 77.8 Å². The number of methoxy groups -OCH3 is 1. The van der Waals surface area contributed by atoms with Crippen molar-refractivity contribution in [1.82, 2.24) is 25.9 Å². The van der Waals surface area contributed by atoms with Gasteiger partial charge in [0, 0.05) is 18.3 Å². The van der Waals surface area contributed by atoms with Crippen molar-refractivity contribution >= 4 is 17.4 Å². The highest BCUT2D eigenvalue weighted by Gasteiger charge is 2.22. The number of hydrogen-bond donors (Lipinski definition) is 6. The molecule has 0 saturated heterocycles. The van der Waals surface area contributed by atoms with Crippen LogP contribution in [0.4, 0.5) is 5.82 Å². The Kier molecular flexibility index (Phi) is 19.0. The van der Waals surface area contributed by atoms with Gasteiger partial charge in [0.25, 0.3) is 0 Å². The lowest BCUT2D eigenvalue weighted by atomic mass is 10.0. The quantitative estimate of drug-likeness (QED) is 0.0504. The highest BCUT2D eigenvalue weighted by molar-refractivity contribution is 6.28. The minimum absolute atomic E-state index is 0.179. The van der Waals surface area contributed by atoms with Gasteiger partial charge in [0.2, 0.25) is 5.28 Å². The molecule has 4 rings (SSSR count). The van der Waals surface area contributed by atoms with Crippen LogP contribution in [0.1, 0.15) is 81.7 Å². The van der Waals surface area contributed by atoms with Gasteiger partial charge in [0.1, 0.15) is 11.6 Å². The number of benzene rings is 2. The smallest absolute Gasteiger partial charge is 0.224 e. The molecule has 0 amide bonds. The van der Waals surface area contributed by atoms with Crippen LogP contribution >= 0.6 is 11.6 Å². The predicted octanol–water partition coefficient (Wildman–Crippen LogP) is 6.23. The summed E-state index contributed by atoms with van der Waals surface area (Å²) in [5, 5.41) is 23.6. The van der Waals surface area contributed by atoms with Crippen molar-refractivity contribution < 1.29 is 14.6 Å². The monoisotopic (exact) mass is 683 g/mol. The first-order valence-corrected chi connectivity index (χ1v) is 18.0.